The van der Waals surface area contributed by atoms with Gasteiger partial charge >= 0.3 is 6.09 Å². The number of nitrogens with zero attached hydrogens (tertiary/aromatic N) is 1. The molecule has 0 spiro atoms. The van der Waals surface area contributed by atoms with E-state index in [1.54, 1.807) is 0 Å². The maximum Gasteiger partial charge on any atom is 0.410 e. The molecule has 0 saturated carbocycles. The number of carbonyl (C=O) groups excluding carboxylic acids is 1. The molecule has 4 nitrogen and oxygen atoms in total. The molecule has 1 rings (SSSR count). The van der Waals surface area contributed by atoms with Gasteiger partial charge in [-0.1, -0.05) is 13.8 Å². The van der Waals surface area contributed by atoms with Crippen LogP contribution < -0.4 is 5.73 Å². The predicted octanol–water partition coefficient (Wildman–Crippen LogP) is 2.71. The smallest absolute Gasteiger partial charge is 0.410 e. The first kappa shape index (κ1) is 16.2. The predicted molar refractivity (Wildman–Crippen MR) is 73.7 cm³/mol. The number of carbonyl (C=O) groups is 1. The molecule has 1 aliphatic heterocycles. The van der Waals surface area contributed by atoms with E-state index in [0.717, 1.165) is 6.42 Å². The van der Waals surface area contributed by atoms with Crippen LogP contribution in [-0.2, 0) is 4.74 Å². The number of amides is 1. The van der Waals surface area contributed by atoms with Crippen LogP contribution in [0.3, 0.4) is 0 Å². The first-order chi connectivity index (χ1) is 8.56. The summed E-state index contributed by atoms with van der Waals surface area (Å²) in [6.45, 7) is 10.0. The van der Waals surface area contributed by atoms with Crippen molar-refractivity contribution in [2.75, 3.05) is 13.1 Å². The van der Waals surface area contributed by atoms with Crippen molar-refractivity contribution in [3.63, 3.8) is 0 Å². The van der Waals surface area contributed by atoms with E-state index in [4.69, 9.17) is 10.5 Å². The van der Waals surface area contributed by atoms with Gasteiger partial charge in [-0.05, 0) is 39.0 Å². The van der Waals surface area contributed by atoms with Gasteiger partial charge in [0.25, 0.3) is 0 Å². The van der Waals surface area contributed by atoms with Gasteiger partial charge < -0.3 is 15.4 Å². The van der Waals surface area contributed by atoms with E-state index in [1.807, 2.05) is 20.8 Å². The van der Waals surface area contributed by atoms with Crippen molar-refractivity contribution in [3.05, 3.63) is 0 Å². The molecular weight excluding hydrogens is 247 g/mol. The number of ether oxygens (including phenoxy) is 1. The average Bonchev–Trinajstić information content (AvgIpc) is 2.24. The Morgan fingerprint density at radius 1 is 1.53 bits per heavy atom. The first-order valence-electron chi connectivity index (χ1n) is 6.89. The summed E-state index contributed by atoms with van der Waals surface area (Å²) in [5, 5.41) is 0. The van der Waals surface area contributed by atoms with Gasteiger partial charge in [-0.3, -0.25) is 0 Å². The molecule has 1 amide bonds. The zero-order chi connectivity index (χ0) is 14.8. The van der Waals surface area contributed by atoms with Crippen LogP contribution in [0.2, 0.25) is 0 Å². The quantitative estimate of drug-likeness (QED) is 0.842. The molecule has 1 heterocycles. The lowest BCUT2D eigenvalue weighted by atomic mass is 9.80. The van der Waals surface area contributed by atoms with E-state index in [-0.39, 0.29) is 12.0 Å². The number of rotatable bonds is 2. The van der Waals surface area contributed by atoms with Gasteiger partial charge in [0.2, 0.25) is 0 Å². The van der Waals surface area contributed by atoms with Crippen molar-refractivity contribution in [2.24, 2.45) is 11.1 Å². The molecule has 0 radical (unpaired) electrons. The first-order valence-corrected chi connectivity index (χ1v) is 6.89. The summed E-state index contributed by atoms with van der Waals surface area (Å²) < 4.78 is 19.3. The normalized spacial score (nSPS) is 25.0. The van der Waals surface area contributed by atoms with Gasteiger partial charge in [-0.2, -0.15) is 0 Å². The second-order valence-electron chi connectivity index (χ2n) is 7.13. The molecule has 0 bridgehead atoms. The van der Waals surface area contributed by atoms with E-state index in [1.165, 1.54) is 4.90 Å². The largest absolute Gasteiger partial charge is 0.444 e. The molecule has 0 aromatic heterocycles. The summed E-state index contributed by atoms with van der Waals surface area (Å²) in [6.07, 6.45) is -0.118. The SMILES string of the molecule is CC1(C)CCC(C(F)CN)N(C(=O)OC(C)(C)C)C1. The van der Waals surface area contributed by atoms with E-state index in [0.29, 0.717) is 13.0 Å². The lowest BCUT2D eigenvalue weighted by Gasteiger charge is -2.44. The topological polar surface area (TPSA) is 55.6 Å². The van der Waals surface area contributed by atoms with Gasteiger partial charge in [0, 0.05) is 13.1 Å². The summed E-state index contributed by atoms with van der Waals surface area (Å²) in [5.74, 6) is 0. The Hall–Kier alpha value is -0.840. The molecule has 1 fully saturated rings. The number of nitrogens with two attached hydrogens (primary N) is 1. The van der Waals surface area contributed by atoms with Gasteiger partial charge in [0.1, 0.15) is 11.8 Å². The molecule has 0 aliphatic carbocycles. The molecule has 0 aromatic rings. The molecule has 1 aliphatic rings. The van der Waals surface area contributed by atoms with Crippen LogP contribution >= 0.6 is 0 Å². The number of halogens is 1. The van der Waals surface area contributed by atoms with Crippen LogP contribution in [0.15, 0.2) is 0 Å². The second kappa shape index (κ2) is 5.65. The van der Waals surface area contributed by atoms with E-state index in [9.17, 15) is 9.18 Å². The van der Waals surface area contributed by atoms with Crippen molar-refractivity contribution < 1.29 is 13.9 Å². The summed E-state index contributed by atoms with van der Waals surface area (Å²) in [6, 6.07) is -0.465. The van der Waals surface area contributed by atoms with E-state index >= 15 is 0 Å². The van der Waals surface area contributed by atoms with Gasteiger partial charge in [0.15, 0.2) is 0 Å². The number of alkyl halides is 1. The maximum absolute atomic E-state index is 13.9. The Bertz CT molecular complexity index is 326. The molecule has 2 atom stereocenters. The fourth-order valence-electron chi connectivity index (χ4n) is 2.41. The highest BCUT2D eigenvalue weighted by atomic mass is 19.1. The van der Waals surface area contributed by atoms with Crippen LogP contribution in [-0.4, -0.2) is 41.9 Å². The van der Waals surface area contributed by atoms with Crippen molar-refractivity contribution in [2.45, 2.75) is 65.3 Å². The summed E-state index contributed by atoms with van der Waals surface area (Å²) >= 11 is 0. The van der Waals surface area contributed by atoms with Crippen molar-refractivity contribution in [1.29, 1.82) is 0 Å². The van der Waals surface area contributed by atoms with Crippen molar-refractivity contribution >= 4 is 6.09 Å². The average molecular weight is 274 g/mol. The lowest BCUT2D eigenvalue weighted by molar-refractivity contribution is -0.0215. The fraction of sp³-hybridized carbons (Fsp3) is 0.929. The third kappa shape index (κ3) is 4.64. The summed E-state index contributed by atoms with van der Waals surface area (Å²) in [7, 11) is 0. The standard InChI is InChI=1S/C14H27FN2O2/c1-13(2,3)19-12(18)17-9-14(4,5)7-6-11(17)10(15)8-16/h10-11H,6-9,16H2,1-5H3. The van der Waals surface area contributed by atoms with Crippen LogP contribution in [0, 0.1) is 5.41 Å². The minimum absolute atomic E-state index is 0.0122. The highest BCUT2D eigenvalue weighted by molar-refractivity contribution is 5.69. The van der Waals surface area contributed by atoms with Crippen molar-refractivity contribution in [1.82, 2.24) is 4.90 Å². The Morgan fingerprint density at radius 2 is 2.11 bits per heavy atom. The highest BCUT2D eigenvalue weighted by Gasteiger charge is 2.40. The Kier molecular flexibility index (Phi) is 4.82. The maximum atomic E-state index is 13.9. The van der Waals surface area contributed by atoms with Crippen LogP contribution in [0.1, 0.15) is 47.5 Å². The Labute approximate surface area is 115 Å². The summed E-state index contributed by atoms with van der Waals surface area (Å²) in [4.78, 5) is 13.7. The molecular formula is C14H27FN2O2. The van der Waals surface area contributed by atoms with E-state index in [2.05, 4.69) is 13.8 Å². The lowest BCUT2D eigenvalue weighted by Crippen LogP contribution is -2.55. The number of likely N-dealkylation sites (tertiary alicyclic amines) is 1. The van der Waals surface area contributed by atoms with Gasteiger partial charge in [0.05, 0.1) is 6.04 Å². The minimum atomic E-state index is -1.19. The van der Waals surface area contributed by atoms with E-state index < -0.39 is 23.9 Å². The zero-order valence-electron chi connectivity index (χ0n) is 12.7. The fourth-order valence-corrected chi connectivity index (χ4v) is 2.41. The third-order valence-electron chi connectivity index (χ3n) is 3.39. The molecule has 5 heteroatoms. The van der Waals surface area contributed by atoms with Gasteiger partial charge in [-0.25, -0.2) is 9.18 Å². The summed E-state index contributed by atoms with van der Waals surface area (Å²) in [5.41, 5.74) is 4.82. The van der Waals surface area contributed by atoms with Gasteiger partial charge in [-0.15, -0.1) is 0 Å². The minimum Gasteiger partial charge on any atom is -0.444 e. The Morgan fingerprint density at radius 3 is 2.58 bits per heavy atom. The molecule has 0 aromatic carbocycles. The zero-order valence-corrected chi connectivity index (χ0v) is 12.7. The third-order valence-corrected chi connectivity index (χ3v) is 3.39. The molecule has 112 valence electrons. The molecule has 1 saturated heterocycles. The van der Waals surface area contributed by atoms with Crippen LogP contribution in [0.25, 0.3) is 0 Å². The Balaban J connectivity index is 2.85. The van der Waals surface area contributed by atoms with Crippen LogP contribution in [0.4, 0.5) is 9.18 Å². The number of piperidine rings is 1. The number of hydrogen-bond acceptors (Lipinski definition) is 3. The second-order valence-corrected chi connectivity index (χ2v) is 7.13. The monoisotopic (exact) mass is 274 g/mol. The van der Waals surface area contributed by atoms with Crippen molar-refractivity contribution in [3.8, 4) is 0 Å². The highest BCUT2D eigenvalue weighted by Crippen LogP contribution is 2.34. The molecule has 2 N–H and O–H groups in total. The molecule has 2 unspecified atom stereocenters. The number of hydrogen-bond donors (Lipinski definition) is 1. The van der Waals surface area contributed by atoms with Crippen LogP contribution in [0.5, 0.6) is 0 Å². The molecule has 19 heavy (non-hydrogen) atoms.